The zero-order chi connectivity index (χ0) is 17.5. The quantitative estimate of drug-likeness (QED) is 0.374. The van der Waals surface area contributed by atoms with Gasteiger partial charge in [0.25, 0.3) is 11.6 Å². The van der Waals surface area contributed by atoms with E-state index in [1.165, 1.54) is 6.08 Å². The minimum atomic E-state index is -0.614. The number of aromatic hydroxyl groups is 1. The van der Waals surface area contributed by atoms with Crippen molar-refractivity contribution in [1.82, 2.24) is 0 Å². The zero-order valence-electron chi connectivity index (χ0n) is 12.7. The van der Waals surface area contributed by atoms with Crippen LogP contribution >= 0.6 is 0 Å². The number of anilines is 1. The van der Waals surface area contributed by atoms with Gasteiger partial charge in [-0.25, -0.2) is 0 Å². The van der Waals surface area contributed by atoms with Crippen LogP contribution in [0.2, 0.25) is 0 Å². The molecule has 2 N–H and O–H groups in total. The Hall–Kier alpha value is -3.55. The van der Waals surface area contributed by atoms with Crippen LogP contribution in [0.1, 0.15) is 6.92 Å². The number of rotatable bonds is 5. The molecule has 0 unspecified atom stereocenters. The number of hydrogen-bond acceptors (Lipinski definition) is 6. The highest BCUT2D eigenvalue weighted by molar-refractivity contribution is 6.03. The Morgan fingerprint density at radius 3 is 2.58 bits per heavy atom. The number of nitrogens with zero attached hydrogens (tertiary/aromatic N) is 3. The molecule has 0 aliphatic carbocycles. The molecular formula is C16H14N4O4. The van der Waals surface area contributed by atoms with Crippen LogP contribution in [0.3, 0.4) is 0 Å². The molecule has 0 radical (unpaired) electrons. The summed E-state index contributed by atoms with van der Waals surface area (Å²) >= 11 is 0. The van der Waals surface area contributed by atoms with Gasteiger partial charge in [-0.15, -0.1) is 10.2 Å². The van der Waals surface area contributed by atoms with Crippen LogP contribution < -0.4 is 5.32 Å². The third-order valence-electron chi connectivity index (χ3n) is 2.97. The molecule has 1 amide bonds. The number of amides is 1. The molecule has 0 saturated heterocycles. The van der Waals surface area contributed by atoms with Gasteiger partial charge in [-0.1, -0.05) is 24.3 Å². The summed E-state index contributed by atoms with van der Waals surface area (Å²) < 4.78 is 0. The summed E-state index contributed by atoms with van der Waals surface area (Å²) in [5.74, 6) is -0.763. The number of non-ortho nitro benzene ring substituents is 1. The van der Waals surface area contributed by atoms with Crippen molar-refractivity contribution in [2.45, 2.75) is 6.92 Å². The van der Waals surface area contributed by atoms with Crippen LogP contribution in [0.5, 0.6) is 5.75 Å². The molecule has 0 heterocycles. The van der Waals surface area contributed by atoms with Crippen molar-refractivity contribution >= 4 is 23.0 Å². The Morgan fingerprint density at radius 1 is 1.25 bits per heavy atom. The molecule has 0 aliphatic rings. The lowest BCUT2D eigenvalue weighted by atomic mass is 10.2. The molecule has 0 atom stereocenters. The second-order valence-electron chi connectivity index (χ2n) is 4.62. The first-order valence-electron chi connectivity index (χ1n) is 6.93. The van der Waals surface area contributed by atoms with Gasteiger partial charge in [-0.3, -0.25) is 14.9 Å². The van der Waals surface area contributed by atoms with Crippen LogP contribution in [-0.4, -0.2) is 15.9 Å². The lowest BCUT2D eigenvalue weighted by Gasteiger charge is -2.04. The second-order valence-corrected chi connectivity index (χ2v) is 4.62. The van der Waals surface area contributed by atoms with Gasteiger partial charge in [0, 0.05) is 17.8 Å². The summed E-state index contributed by atoms with van der Waals surface area (Å²) in [5, 5.41) is 30.6. The van der Waals surface area contributed by atoms with E-state index in [1.807, 2.05) is 6.07 Å². The van der Waals surface area contributed by atoms with E-state index in [0.717, 1.165) is 18.2 Å². The SMILES string of the molecule is CC=C(N=Nc1cc([N+](=O)[O-])ccc1O)C(=O)Nc1ccccc1. The molecule has 2 rings (SSSR count). The average Bonchev–Trinajstić information content (AvgIpc) is 2.57. The zero-order valence-corrected chi connectivity index (χ0v) is 12.7. The molecule has 2 aromatic rings. The Bertz CT molecular complexity index is 816. The number of benzene rings is 2. The Balaban J connectivity index is 2.18. The van der Waals surface area contributed by atoms with Crippen molar-refractivity contribution in [3.05, 3.63) is 70.4 Å². The lowest BCUT2D eigenvalue weighted by Crippen LogP contribution is -2.12. The molecule has 0 aromatic heterocycles. The fraction of sp³-hybridized carbons (Fsp3) is 0.0625. The molecule has 2 aromatic carbocycles. The van der Waals surface area contributed by atoms with Crippen LogP contribution in [0.4, 0.5) is 17.1 Å². The summed E-state index contributed by atoms with van der Waals surface area (Å²) in [7, 11) is 0. The highest BCUT2D eigenvalue weighted by atomic mass is 16.6. The smallest absolute Gasteiger partial charge is 0.275 e. The standard InChI is InChI=1S/C16H14N4O4/c1-2-13(16(22)17-11-6-4-3-5-7-11)18-19-14-10-12(20(23)24)8-9-15(14)21/h2-10,21H,1H3,(H,17,22). The van der Waals surface area contributed by atoms with E-state index in [4.69, 9.17) is 0 Å². The van der Waals surface area contributed by atoms with E-state index in [0.29, 0.717) is 5.69 Å². The molecule has 0 fully saturated rings. The van der Waals surface area contributed by atoms with Crippen molar-refractivity contribution in [3.8, 4) is 5.75 Å². The molecule has 0 spiro atoms. The van der Waals surface area contributed by atoms with E-state index >= 15 is 0 Å². The minimum Gasteiger partial charge on any atom is -0.506 e. The predicted octanol–water partition coefficient (Wildman–Crippen LogP) is 3.93. The summed E-state index contributed by atoms with van der Waals surface area (Å²) in [6.07, 6.45) is 1.44. The van der Waals surface area contributed by atoms with Gasteiger partial charge >= 0.3 is 0 Å². The summed E-state index contributed by atoms with van der Waals surface area (Å²) in [4.78, 5) is 22.3. The van der Waals surface area contributed by atoms with Crippen LogP contribution in [-0.2, 0) is 4.79 Å². The van der Waals surface area contributed by atoms with Crippen molar-refractivity contribution in [2.24, 2.45) is 10.2 Å². The number of hydrogen-bond donors (Lipinski definition) is 2. The van der Waals surface area contributed by atoms with Crippen molar-refractivity contribution in [1.29, 1.82) is 0 Å². The predicted molar refractivity (Wildman–Crippen MR) is 88.1 cm³/mol. The Morgan fingerprint density at radius 2 is 1.96 bits per heavy atom. The fourth-order valence-corrected chi connectivity index (χ4v) is 1.76. The molecule has 8 nitrogen and oxygen atoms in total. The fourth-order valence-electron chi connectivity index (χ4n) is 1.76. The summed E-state index contributed by atoms with van der Waals surface area (Å²) in [6, 6.07) is 12.2. The third-order valence-corrected chi connectivity index (χ3v) is 2.97. The van der Waals surface area contributed by atoms with E-state index in [1.54, 1.807) is 31.2 Å². The first-order chi connectivity index (χ1) is 11.5. The number of allylic oxidation sites excluding steroid dienone is 1. The number of azo groups is 1. The molecule has 8 heteroatoms. The van der Waals surface area contributed by atoms with Crippen LogP contribution in [0, 0.1) is 10.1 Å². The number of nitro groups is 1. The van der Waals surface area contributed by atoms with E-state index in [2.05, 4.69) is 15.5 Å². The number of phenols is 1. The van der Waals surface area contributed by atoms with Crippen LogP contribution in [0.25, 0.3) is 0 Å². The third kappa shape index (κ3) is 4.23. The number of para-hydroxylation sites is 1. The van der Waals surface area contributed by atoms with Gasteiger partial charge in [0.15, 0.2) is 0 Å². The first-order valence-corrected chi connectivity index (χ1v) is 6.93. The molecule has 0 saturated carbocycles. The molecule has 0 aliphatic heterocycles. The number of nitrogens with one attached hydrogen (secondary N) is 1. The molecule has 0 bridgehead atoms. The monoisotopic (exact) mass is 326 g/mol. The Kier molecular flexibility index (Phi) is 5.35. The normalized spacial score (nSPS) is 11.5. The number of phenolic OH excluding ortho intramolecular Hbond substituents is 1. The van der Waals surface area contributed by atoms with Gasteiger partial charge in [0.05, 0.1) is 4.92 Å². The number of carbonyl (C=O) groups is 1. The second kappa shape index (κ2) is 7.63. The molecule has 24 heavy (non-hydrogen) atoms. The van der Waals surface area contributed by atoms with Crippen molar-refractivity contribution in [2.75, 3.05) is 5.32 Å². The van der Waals surface area contributed by atoms with Gasteiger partial charge < -0.3 is 10.4 Å². The number of carbonyl (C=O) groups excluding carboxylic acids is 1. The minimum absolute atomic E-state index is 0.00441. The van der Waals surface area contributed by atoms with Gasteiger partial charge in [-0.2, -0.15) is 0 Å². The Labute approximate surface area is 137 Å². The summed E-state index contributed by atoms with van der Waals surface area (Å²) in [5.41, 5.74) is 0.258. The number of nitro benzene ring substituents is 1. The molecular weight excluding hydrogens is 312 g/mol. The van der Waals surface area contributed by atoms with Crippen LogP contribution in [0.15, 0.2) is 70.5 Å². The van der Waals surface area contributed by atoms with Crippen molar-refractivity contribution in [3.63, 3.8) is 0 Å². The average molecular weight is 326 g/mol. The maximum absolute atomic E-state index is 12.1. The lowest BCUT2D eigenvalue weighted by molar-refractivity contribution is -0.384. The maximum atomic E-state index is 12.1. The first kappa shape index (κ1) is 16.8. The van der Waals surface area contributed by atoms with Gasteiger partial charge in [-0.05, 0) is 25.1 Å². The van der Waals surface area contributed by atoms with Gasteiger partial charge in [0.2, 0.25) is 0 Å². The van der Waals surface area contributed by atoms with E-state index < -0.39 is 10.8 Å². The largest absolute Gasteiger partial charge is 0.506 e. The molecule has 122 valence electrons. The summed E-state index contributed by atoms with van der Waals surface area (Å²) in [6.45, 7) is 1.60. The topological polar surface area (TPSA) is 117 Å². The highest BCUT2D eigenvalue weighted by Crippen LogP contribution is 2.31. The van der Waals surface area contributed by atoms with Gasteiger partial charge in [0.1, 0.15) is 17.1 Å². The highest BCUT2D eigenvalue weighted by Gasteiger charge is 2.12. The maximum Gasteiger partial charge on any atom is 0.275 e. The van der Waals surface area contributed by atoms with E-state index in [-0.39, 0.29) is 22.8 Å². The van der Waals surface area contributed by atoms with Crippen molar-refractivity contribution < 1.29 is 14.8 Å². The van der Waals surface area contributed by atoms with E-state index in [9.17, 15) is 20.0 Å².